The number of carbonyl (C=O) groups is 2. The summed E-state index contributed by atoms with van der Waals surface area (Å²) in [6.45, 7) is 5.37. The number of benzene rings is 2. The van der Waals surface area contributed by atoms with Crippen LogP contribution < -0.4 is 24.8 Å². The predicted molar refractivity (Wildman–Crippen MR) is 141 cm³/mol. The van der Waals surface area contributed by atoms with Crippen LogP contribution in [0.4, 0.5) is 15.9 Å². The molecule has 2 aromatic carbocycles. The number of amides is 2. The van der Waals surface area contributed by atoms with Gasteiger partial charge in [-0.25, -0.2) is 4.39 Å². The molecule has 2 heterocycles. The molecule has 1 aliphatic rings. The van der Waals surface area contributed by atoms with E-state index in [0.717, 1.165) is 0 Å². The number of fused-ring (bicyclic) bond motifs is 1. The summed E-state index contributed by atoms with van der Waals surface area (Å²) in [6, 6.07) is 10.7. The van der Waals surface area contributed by atoms with Crippen LogP contribution in [0.25, 0.3) is 10.9 Å². The number of hydrogen-bond donors (Lipinski definition) is 2. The Morgan fingerprint density at radius 1 is 0.923 bits per heavy atom. The Labute approximate surface area is 223 Å². The first kappa shape index (κ1) is 26.0. The maximum Gasteiger partial charge on any atom is 0.230 e. The fraction of sp³-hybridized carbons (Fsp3) is 0.286. The molecule has 0 saturated heterocycles. The van der Waals surface area contributed by atoms with Gasteiger partial charge in [0, 0.05) is 35.5 Å². The van der Waals surface area contributed by atoms with E-state index in [1.165, 1.54) is 32.4 Å². The van der Waals surface area contributed by atoms with Gasteiger partial charge in [-0.1, -0.05) is 19.0 Å². The molecule has 2 amide bonds. The minimum atomic E-state index is -0.677. The molecular formula is C28H27FN4O6. The summed E-state index contributed by atoms with van der Waals surface area (Å²) in [5.41, 5.74) is 0.240. The van der Waals surface area contributed by atoms with Crippen molar-refractivity contribution in [2.45, 2.75) is 20.8 Å². The van der Waals surface area contributed by atoms with E-state index in [4.69, 9.17) is 18.7 Å². The molecule has 2 N–H and O–H groups in total. The lowest BCUT2D eigenvalue weighted by Gasteiger charge is -2.13. The van der Waals surface area contributed by atoms with Crippen molar-refractivity contribution in [2.75, 3.05) is 24.9 Å². The minimum absolute atomic E-state index is 0.0396. The van der Waals surface area contributed by atoms with Gasteiger partial charge in [0.1, 0.15) is 11.5 Å². The van der Waals surface area contributed by atoms with E-state index in [9.17, 15) is 9.59 Å². The van der Waals surface area contributed by atoms with E-state index < -0.39 is 23.1 Å². The number of anilines is 2. The number of carbonyl (C=O) groups excluding carboxylic acids is 2. The number of ether oxygens (including phenoxy) is 3. The molecule has 2 atom stereocenters. The Morgan fingerprint density at radius 2 is 1.62 bits per heavy atom. The molecule has 1 saturated carbocycles. The number of hydrogen-bond acceptors (Lipinski definition) is 8. The predicted octanol–water partition coefficient (Wildman–Crippen LogP) is 5.33. The monoisotopic (exact) mass is 534 g/mol. The fourth-order valence-electron chi connectivity index (χ4n) is 4.78. The molecule has 1 fully saturated rings. The highest BCUT2D eigenvalue weighted by Crippen LogP contribution is 2.59. The second-order valence-electron chi connectivity index (χ2n) is 9.86. The summed E-state index contributed by atoms with van der Waals surface area (Å²) in [5, 5.41) is 9.75. The van der Waals surface area contributed by atoms with Gasteiger partial charge in [-0.3, -0.25) is 14.6 Å². The first-order valence-corrected chi connectivity index (χ1v) is 12.2. The average molecular weight is 535 g/mol. The maximum absolute atomic E-state index is 15.1. The van der Waals surface area contributed by atoms with Crippen molar-refractivity contribution in [3.8, 4) is 23.0 Å². The standard InChI is InChI=1S/C28H27FN4O6/c1-14-10-23(33-39-14)32-27(35)25-24(28(25,2)3)26(34)31-15-6-7-20(17(29)11-15)38-19-8-9-30-18-13-22(37-5)21(36-4)12-16(18)19/h6-13,24-25H,1-5H3,(H,31,34)(H,32,33,35)/t24-,25+/m0/s1. The van der Waals surface area contributed by atoms with Crippen molar-refractivity contribution in [3.63, 3.8) is 0 Å². The molecular weight excluding hydrogens is 507 g/mol. The van der Waals surface area contributed by atoms with Crippen molar-refractivity contribution < 1.29 is 32.7 Å². The van der Waals surface area contributed by atoms with Gasteiger partial charge in [0.25, 0.3) is 0 Å². The van der Waals surface area contributed by atoms with Crippen LogP contribution in [0.2, 0.25) is 0 Å². The third-order valence-corrected chi connectivity index (χ3v) is 6.90. The Kier molecular flexibility index (Phi) is 6.59. The number of methoxy groups -OCH3 is 2. The second kappa shape index (κ2) is 9.90. The SMILES string of the molecule is COc1cc2nccc(Oc3ccc(NC(=O)[C@@H]4[C@H](C(=O)Nc5cc(C)on5)C4(C)C)cc3F)c2cc1OC. The zero-order valence-electron chi connectivity index (χ0n) is 22.0. The van der Waals surface area contributed by atoms with Gasteiger partial charge in [-0.05, 0) is 36.6 Å². The number of halogens is 1. The molecule has 4 aromatic rings. The zero-order valence-corrected chi connectivity index (χ0v) is 22.0. The van der Waals surface area contributed by atoms with Crippen LogP contribution in [0.15, 0.2) is 53.2 Å². The topological polar surface area (TPSA) is 125 Å². The molecule has 11 heteroatoms. The van der Waals surface area contributed by atoms with E-state index >= 15 is 4.39 Å². The third kappa shape index (κ3) is 4.95. The molecule has 2 aromatic heterocycles. The van der Waals surface area contributed by atoms with Crippen molar-refractivity contribution in [1.82, 2.24) is 10.1 Å². The summed E-state index contributed by atoms with van der Waals surface area (Å²) in [4.78, 5) is 30.1. The van der Waals surface area contributed by atoms with Crippen LogP contribution in [-0.2, 0) is 9.59 Å². The van der Waals surface area contributed by atoms with Gasteiger partial charge in [0.05, 0.1) is 31.6 Å². The van der Waals surface area contributed by atoms with Crippen LogP contribution in [0.1, 0.15) is 19.6 Å². The van der Waals surface area contributed by atoms with Crippen LogP contribution >= 0.6 is 0 Å². The van der Waals surface area contributed by atoms with Gasteiger partial charge in [0.2, 0.25) is 11.8 Å². The molecule has 0 spiro atoms. The molecule has 39 heavy (non-hydrogen) atoms. The molecule has 10 nitrogen and oxygen atoms in total. The smallest absolute Gasteiger partial charge is 0.230 e. The lowest BCUT2D eigenvalue weighted by atomic mass is 10.1. The van der Waals surface area contributed by atoms with Gasteiger partial charge in [-0.2, -0.15) is 0 Å². The Hall–Kier alpha value is -4.67. The number of aromatic nitrogens is 2. The van der Waals surface area contributed by atoms with Crippen molar-refractivity contribution in [3.05, 3.63) is 60.2 Å². The number of rotatable bonds is 8. The molecule has 202 valence electrons. The normalized spacial score (nSPS) is 17.4. The summed E-state index contributed by atoms with van der Waals surface area (Å²) in [5.74, 6) is -0.401. The van der Waals surface area contributed by atoms with Gasteiger partial charge >= 0.3 is 0 Å². The molecule has 0 unspecified atom stereocenters. The lowest BCUT2D eigenvalue weighted by molar-refractivity contribution is -0.122. The van der Waals surface area contributed by atoms with Gasteiger partial charge in [-0.15, -0.1) is 0 Å². The second-order valence-corrected chi connectivity index (χ2v) is 9.86. The molecule has 0 bridgehead atoms. The molecule has 5 rings (SSSR count). The average Bonchev–Trinajstić information content (AvgIpc) is 3.26. The Morgan fingerprint density at radius 3 is 2.26 bits per heavy atom. The van der Waals surface area contributed by atoms with E-state index in [1.54, 1.807) is 37.4 Å². The summed E-state index contributed by atoms with van der Waals surface area (Å²) >= 11 is 0. The lowest BCUT2D eigenvalue weighted by Crippen LogP contribution is -2.20. The summed E-state index contributed by atoms with van der Waals surface area (Å²) in [7, 11) is 3.04. The van der Waals surface area contributed by atoms with E-state index in [0.29, 0.717) is 33.9 Å². The van der Waals surface area contributed by atoms with Crippen LogP contribution in [0, 0.1) is 30.0 Å². The van der Waals surface area contributed by atoms with Gasteiger partial charge in [0.15, 0.2) is 28.9 Å². The number of pyridine rings is 1. The summed E-state index contributed by atoms with van der Waals surface area (Å²) in [6.07, 6.45) is 1.55. The van der Waals surface area contributed by atoms with Crippen LogP contribution in [0.3, 0.4) is 0 Å². The van der Waals surface area contributed by atoms with Crippen molar-refractivity contribution >= 4 is 34.2 Å². The number of nitrogens with one attached hydrogen (secondary N) is 2. The third-order valence-electron chi connectivity index (χ3n) is 6.90. The molecule has 0 radical (unpaired) electrons. The van der Waals surface area contributed by atoms with E-state index in [1.807, 2.05) is 13.8 Å². The number of nitrogens with zero attached hydrogens (tertiary/aromatic N) is 2. The Balaban J connectivity index is 1.29. The molecule has 0 aliphatic heterocycles. The van der Waals surface area contributed by atoms with Crippen molar-refractivity contribution in [2.24, 2.45) is 17.3 Å². The van der Waals surface area contributed by atoms with Crippen molar-refractivity contribution in [1.29, 1.82) is 0 Å². The number of aryl methyl sites for hydroxylation is 1. The van der Waals surface area contributed by atoms with Gasteiger partial charge < -0.3 is 29.4 Å². The largest absolute Gasteiger partial charge is 0.493 e. The maximum atomic E-state index is 15.1. The van der Waals surface area contributed by atoms with E-state index in [-0.39, 0.29) is 29.1 Å². The zero-order chi connectivity index (χ0) is 27.9. The summed E-state index contributed by atoms with van der Waals surface area (Å²) < 4.78 is 36.6. The highest BCUT2D eigenvalue weighted by molar-refractivity contribution is 6.04. The first-order chi connectivity index (χ1) is 18.6. The highest BCUT2D eigenvalue weighted by Gasteiger charge is 2.65. The van der Waals surface area contributed by atoms with Crippen LogP contribution in [-0.4, -0.2) is 36.2 Å². The van der Waals surface area contributed by atoms with E-state index in [2.05, 4.69) is 20.8 Å². The molecule has 1 aliphatic carbocycles. The fourth-order valence-corrected chi connectivity index (χ4v) is 4.78. The quantitative estimate of drug-likeness (QED) is 0.311. The highest BCUT2D eigenvalue weighted by atomic mass is 19.1. The first-order valence-electron chi connectivity index (χ1n) is 12.2. The van der Waals surface area contributed by atoms with Crippen LogP contribution in [0.5, 0.6) is 23.0 Å². The Bertz CT molecular complexity index is 1580. The minimum Gasteiger partial charge on any atom is -0.493 e.